The molecule has 0 saturated carbocycles. The lowest BCUT2D eigenvalue weighted by Crippen LogP contribution is -2.37. The van der Waals surface area contributed by atoms with Gasteiger partial charge >= 0.3 is 7.12 Å². The van der Waals surface area contributed by atoms with Gasteiger partial charge in [0.1, 0.15) is 0 Å². The third kappa shape index (κ3) is 3.87. The molecule has 1 aromatic rings. The van der Waals surface area contributed by atoms with Crippen molar-refractivity contribution in [3.8, 4) is 0 Å². The van der Waals surface area contributed by atoms with Crippen LogP contribution in [0.2, 0.25) is 0 Å². The molecule has 1 rings (SSSR count). The molecule has 1 aromatic carbocycles. The van der Waals surface area contributed by atoms with Crippen LogP contribution >= 0.6 is 12.6 Å². The Hall–Kier alpha value is -0.485. The number of aliphatic hydroxyl groups is 1. The third-order valence-corrected chi connectivity index (χ3v) is 2.29. The van der Waals surface area contributed by atoms with Crippen LogP contribution < -0.4 is 5.46 Å². The molecule has 0 aliphatic heterocycles. The average Bonchev–Trinajstić information content (AvgIpc) is 2.27. The van der Waals surface area contributed by atoms with Crippen molar-refractivity contribution in [3.63, 3.8) is 0 Å². The average molecular weight is 226 g/mol. The van der Waals surface area contributed by atoms with Crippen molar-refractivity contribution >= 4 is 25.2 Å². The van der Waals surface area contributed by atoms with Gasteiger partial charge in [-0.1, -0.05) is 24.3 Å². The van der Waals surface area contributed by atoms with Crippen LogP contribution in [0, 0.1) is 0 Å². The SMILES string of the molecule is OCCOB(O)c1ccccc1CCS. The minimum Gasteiger partial charge on any atom is -0.423 e. The van der Waals surface area contributed by atoms with Gasteiger partial charge in [-0.15, -0.1) is 0 Å². The molecule has 0 saturated heterocycles. The number of hydrogen-bond donors (Lipinski definition) is 3. The Kier molecular flexibility index (Phi) is 5.79. The molecule has 0 unspecified atom stereocenters. The zero-order valence-electron chi connectivity index (χ0n) is 8.47. The van der Waals surface area contributed by atoms with Gasteiger partial charge in [-0.2, -0.15) is 12.6 Å². The van der Waals surface area contributed by atoms with Gasteiger partial charge < -0.3 is 14.8 Å². The molecule has 0 amide bonds. The lowest BCUT2D eigenvalue weighted by Gasteiger charge is -2.11. The minimum absolute atomic E-state index is 0.0915. The zero-order valence-corrected chi connectivity index (χ0v) is 9.36. The summed E-state index contributed by atoms with van der Waals surface area (Å²) >= 11 is 4.16. The van der Waals surface area contributed by atoms with E-state index in [2.05, 4.69) is 12.6 Å². The maximum atomic E-state index is 9.70. The highest BCUT2D eigenvalue weighted by Gasteiger charge is 2.18. The molecule has 5 heteroatoms. The fourth-order valence-electron chi connectivity index (χ4n) is 1.38. The van der Waals surface area contributed by atoms with Crippen molar-refractivity contribution < 1.29 is 14.8 Å². The van der Waals surface area contributed by atoms with E-state index in [4.69, 9.17) is 9.76 Å². The van der Waals surface area contributed by atoms with Crippen molar-refractivity contribution in [2.75, 3.05) is 19.0 Å². The summed E-state index contributed by atoms with van der Waals surface area (Å²) in [5.74, 6) is 0.726. The topological polar surface area (TPSA) is 49.7 Å². The van der Waals surface area contributed by atoms with E-state index in [1.165, 1.54) is 0 Å². The standard InChI is InChI=1S/C10H15BO3S/c12-6-7-14-11(13)10-4-2-1-3-9(10)5-8-15/h1-4,12-13,15H,5-8H2. The predicted molar refractivity (Wildman–Crippen MR) is 64.6 cm³/mol. The van der Waals surface area contributed by atoms with Crippen LogP contribution in [0.5, 0.6) is 0 Å². The number of hydrogen-bond acceptors (Lipinski definition) is 4. The molecule has 0 spiro atoms. The zero-order chi connectivity index (χ0) is 11.1. The first kappa shape index (κ1) is 12.6. The number of thiol groups is 1. The van der Waals surface area contributed by atoms with E-state index in [1.54, 1.807) is 0 Å². The first-order valence-electron chi connectivity index (χ1n) is 4.88. The van der Waals surface area contributed by atoms with Gasteiger partial charge in [0.05, 0.1) is 13.2 Å². The summed E-state index contributed by atoms with van der Waals surface area (Å²) < 4.78 is 5.04. The largest absolute Gasteiger partial charge is 0.491 e. The number of aryl methyl sites for hydroxylation is 1. The van der Waals surface area contributed by atoms with Crippen molar-refractivity contribution in [1.82, 2.24) is 0 Å². The van der Waals surface area contributed by atoms with E-state index in [1.807, 2.05) is 24.3 Å². The summed E-state index contributed by atoms with van der Waals surface area (Å²) in [6, 6.07) is 7.53. The van der Waals surface area contributed by atoms with Crippen LogP contribution in [-0.4, -0.2) is 36.2 Å². The van der Waals surface area contributed by atoms with E-state index < -0.39 is 7.12 Å². The molecule has 0 radical (unpaired) electrons. The lowest BCUT2D eigenvalue weighted by molar-refractivity contribution is 0.183. The third-order valence-electron chi connectivity index (χ3n) is 2.07. The quantitative estimate of drug-likeness (QED) is 0.467. The molecular formula is C10H15BO3S. The highest BCUT2D eigenvalue weighted by molar-refractivity contribution is 7.80. The van der Waals surface area contributed by atoms with Crippen LogP contribution in [0.15, 0.2) is 24.3 Å². The van der Waals surface area contributed by atoms with E-state index in [-0.39, 0.29) is 13.2 Å². The summed E-state index contributed by atoms with van der Waals surface area (Å²) in [5, 5.41) is 18.3. The second kappa shape index (κ2) is 6.90. The number of aliphatic hydroxyl groups excluding tert-OH is 1. The molecular weight excluding hydrogens is 211 g/mol. The van der Waals surface area contributed by atoms with Gasteiger partial charge in [0.15, 0.2) is 0 Å². The second-order valence-corrected chi connectivity index (χ2v) is 3.57. The predicted octanol–water partition coefficient (Wildman–Crippen LogP) is -0.145. The summed E-state index contributed by atoms with van der Waals surface area (Å²) in [7, 11) is -0.965. The Bertz CT molecular complexity index is 296. The fraction of sp³-hybridized carbons (Fsp3) is 0.400. The van der Waals surface area contributed by atoms with Crippen LogP contribution in [0.3, 0.4) is 0 Å². The summed E-state index contributed by atoms with van der Waals surface area (Å²) in [4.78, 5) is 0. The molecule has 15 heavy (non-hydrogen) atoms. The molecule has 0 fully saturated rings. The van der Waals surface area contributed by atoms with Gasteiger partial charge in [-0.05, 0) is 23.2 Å². The second-order valence-electron chi connectivity index (χ2n) is 3.12. The molecule has 3 nitrogen and oxygen atoms in total. The normalized spacial score (nSPS) is 10.3. The monoisotopic (exact) mass is 226 g/mol. The van der Waals surface area contributed by atoms with E-state index >= 15 is 0 Å². The van der Waals surface area contributed by atoms with Gasteiger partial charge in [-0.25, -0.2) is 0 Å². The Morgan fingerprint density at radius 1 is 1.33 bits per heavy atom. The smallest absolute Gasteiger partial charge is 0.423 e. The Balaban J connectivity index is 2.72. The van der Waals surface area contributed by atoms with Crippen molar-refractivity contribution in [3.05, 3.63) is 29.8 Å². The van der Waals surface area contributed by atoms with Gasteiger partial charge in [0.25, 0.3) is 0 Å². The van der Waals surface area contributed by atoms with Gasteiger partial charge in [0, 0.05) is 0 Å². The molecule has 82 valence electrons. The molecule has 0 bridgehead atoms. The summed E-state index contributed by atoms with van der Waals surface area (Å²) in [5.41, 5.74) is 1.78. The van der Waals surface area contributed by atoms with E-state index in [9.17, 15) is 5.02 Å². The lowest BCUT2D eigenvalue weighted by atomic mass is 9.76. The van der Waals surface area contributed by atoms with Crippen molar-refractivity contribution in [2.24, 2.45) is 0 Å². The molecule has 2 N–H and O–H groups in total. The van der Waals surface area contributed by atoms with Crippen LogP contribution in [0.1, 0.15) is 5.56 Å². The molecule has 0 aromatic heterocycles. The number of rotatable bonds is 6. The van der Waals surface area contributed by atoms with Crippen LogP contribution in [-0.2, 0) is 11.1 Å². The Morgan fingerprint density at radius 3 is 2.73 bits per heavy atom. The first-order valence-corrected chi connectivity index (χ1v) is 5.52. The first-order chi connectivity index (χ1) is 7.29. The van der Waals surface area contributed by atoms with Crippen molar-refractivity contribution in [2.45, 2.75) is 6.42 Å². The maximum absolute atomic E-state index is 9.70. The number of benzene rings is 1. The van der Waals surface area contributed by atoms with Crippen molar-refractivity contribution in [1.29, 1.82) is 0 Å². The highest BCUT2D eigenvalue weighted by atomic mass is 32.1. The Labute approximate surface area is 95.6 Å². The van der Waals surface area contributed by atoms with E-state index in [0.717, 1.165) is 23.2 Å². The van der Waals surface area contributed by atoms with Gasteiger partial charge in [0.2, 0.25) is 0 Å². The molecule has 0 aliphatic carbocycles. The maximum Gasteiger partial charge on any atom is 0.491 e. The van der Waals surface area contributed by atoms with E-state index in [0.29, 0.717) is 0 Å². The fourth-order valence-corrected chi connectivity index (χ4v) is 1.62. The molecule has 0 heterocycles. The van der Waals surface area contributed by atoms with Crippen LogP contribution in [0.4, 0.5) is 0 Å². The van der Waals surface area contributed by atoms with Gasteiger partial charge in [-0.3, -0.25) is 0 Å². The molecule has 0 atom stereocenters. The summed E-state index contributed by atoms with van der Waals surface area (Å²) in [6.07, 6.45) is 0.791. The van der Waals surface area contributed by atoms with Crippen LogP contribution in [0.25, 0.3) is 0 Å². The summed E-state index contributed by atoms with van der Waals surface area (Å²) in [6.45, 7) is 0.0438. The highest BCUT2D eigenvalue weighted by Crippen LogP contribution is 2.00. The Morgan fingerprint density at radius 2 is 2.07 bits per heavy atom. The molecule has 0 aliphatic rings. The minimum atomic E-state index is -0.965.